The number of thiazole rings is 1. The molecule has 19 heavy (non-hydrogen) atoms. The average Bonchev–Trinajstić information content (AvgIpc) is 2.74. The minimum atomic E-state index is -0.917. The van der Waals surface area contributed by atoms with Crippen LogP contribution in [0.5, 0.6) is 0 Å². The molecule has 100 valence electrons. The lowest BCUT2D eigenvalue weighted by molar-refractivity contribution is 0.0998. The smallest absolute Gasteiger partial charge is 0.279 e. The topological polar surface area (TPSA) is 51.4 Å². The van der Waals surface area contributed by atoms with Crippen LogP contribution in [0.3, 0.4) is 0 Å². The summed E-state index contributed by atoms with van der Waals surface area (Å²) in [5.74, 6) is 0.176. The number of rotatable bonds is 3. The summed E-state index contributed by atoms with van der Waals surface area (Å²) in [5.41, 5.74) is 1.41. The zero-order valence-electron chi connectivity index (χ0n) is 10.7. The molecule has 4 nitrogen and oxygen atoms in total. The Balaban J connectivity index is 2.30. The molecule has 1 aromatic heterocycles. The molecule has 0 N–H and O–H groups in total. The standard InChI is InChI=1S/C13H14N2O2S2/c1-15-6-7-18-13(15)14-12(16)11-5-3-4-10(8-11)9-19(2)17/h3-8H,9H2,1-2H3. The third kappa shape index (κ3) is 3.71. The molecular formula is C13H14N2O2S2. The summed E-state index contributed by atoms with van der Waals surface area (Å²) in [6, 6.07) is 7.13. The van der Waals surface area contributed by atoms with Crippen LogP contribution in [-0.2, 0) is 23.6 Å². The fourth-order valence-corrected chi connectivity index (χ4v) is 2.99. The molecule has 0 fully saturated rings. The van der Waals surface area contributed by atoms with E-state index in [2.05, 4.69) is 4.99 Å². The first-order chi connectivity index (χ1) is 9.06. The Labute approximate surface area is 117 Å². The monoisotopic (exact) mass is 294 g/mol. The quantitative estimate of drug-likeness (QED) is 0.865. The highest BCUT2D eigenvalue weighted by molar-refractivity contribution is 7.83. The van der Waals surface area contributed by atoms with Crippen LogP contribution in [0.15, 0.2) is 40.8 Å². The van der Waals surface area contributed by atoms with Gasteiger partial charge >= 0.3 is 0 Å². The fourth-order valence-electron chi connectivity index (χ4n) is 1.61. The summed E-state index contributed by atoms with van der Waals surface area (Å²) in [4.78, 5) is 16.8. The molecular weight excluding hydrogens is 280 g/mol. The molecule has 0 spiro atoms. The molecule has 1 heterocycles. The number of carbonyl (C=O) groups is 1. The van der Waals surface area contributed by atoms with Crippen LogP contribution >= 0.6 is 11.3 Å². The lowest BCUT2D eigenvalue weighted by Crippen LogP contribution is -2.12. The number of hydrogen-bond acceptors (Lipinski definition) is 3. The van der Waals surface area contributed by atoms with Gasteiger partial charge in [-0.05, 0) is 17.7 Å². The number of benzene rings is 1. The number of nitrogens with zero attached hydrogens (tertiary/aromatic N) is 2. The Kier molecular flexibility index (Phi) is 4.44. The molecule has 0 bridgehead atoms. The van der Waals surface area contributed by atoms with Crippen molar-refractivity contribution in [3.8, 4) is 0 Å². The van der Waals surface area contributed by atoms with E-state index in [9.17, 15) is 9.00 Å². The maximum Gasteiger partial charge on any atom is 0.279 e. The third-order valence-electron chi connectivity index (χ3n) is 2.50. The van der Waals surface area contributed by atoms with Crippen LogP contribution in [0, 0.1) is 0 Å². The van der Waals surface area contributed by atoms with Gasteiger partial charge in [0.1, 0.15) is 0 Å². The number of hydrogen-bond donors (Lipinski definition) is 0. The highest BCUT2D eigenvalue weighted by atomic mass is 32.2. The van der Waals surface area contributed by atoms with E-state index in [4.69, 9.17) is 0 Å². The van der Waals surface area contributed by atoms with Gasteiger partial charge in [0.2, 0.25) is 0 Å². The summed E-state index contributed by atoms with van der Waals surface area (Å²) in [5, 5.41) is 1.88. The van der Waals surface area contributed by atoms with E-state index in [0.29, 0.717) is 16.1 Å². The maximum atomic E-state index is 12.1. The molecule has 1 amide bonds. The van der Waals surface area contributed by atoms with Gasteiger partial charge in [0.05, 0.1) is 0 Å². The third-order valence-corrected chi connectivity index (χ3v) is 4.09. The number of carbonyl (C=O) groups excluding carboxylic acids is 1. The highest BCUT2D eigenvalue weighted by Gasteiger charge is 2.06. The highest BCUT2D eigenvalue weighted by Crippen LogP contribution is 2.08. The van der Waals surface area contributed by atoms with Gasteiger partial charge in [-0.25, -0.2) is 0 Å². The average molecular weight is 294 g/mol. The normalized spacial score (nSPS) is 13.5. The molecule has 0 aliphatic heterocycles. The molecule has 0 saturated heterocycles. The predicted octanol–water partition coefficient (Wildman–Crippen LogP) is 1.71. The van der Waals surface area contributed by atoms with Crippen LogP contribution in [0.1, 0.15) is 15.9 Å². The Hall–Kier alpha value is -1.53. The van der Waals surface area contributed by atoms with Crippen molar-refractivity contribution < 1.29 is 9.00 Å². The lowest BCUT2D eigenvalue weighted by Gasteiger charge is -2.00. The van der Waals surface area contributed by atoms with E-state index in [-0.39, 0.29) is 5.91 Å². The molecule has 1 atom stereocenters. The van der Waals surface area contributed by atoms with E-state index in [0.717, 1.165) is 5.56 Å². The fraction of sp³-hybridized carbons (Fsp3) is 0.231. The van der Waals surface area contributed by atoms with E-state index in [1.807, 2.05) is 24.7 Å². The van der Waals surface area contributed by atoms with Crippen molar-refractivity contribution in [2.45, 2.75) is 5.75 Å². The Morgan fingerprint density at radius 2 is 2.26 bits per heavy atom. The first-order valence-electron chi connectivity index (χ1n) is 5.64. The Bertz CT molecular complexity index is 686. The minimum Gasteiger partial charge on any atom is -0.327 e. The zero-order chi connectivity index (χ0) is 13.8. The first-order valence-corrected chi connectivity index (χ1v) is 8.25. The molecule has 1 aromatic carbocycles. The summed E-state index contributed by atoms with van der Waals surface area (Å²) >= 11 is 1.41. The van der Waals surface area contributed by atoms with Gasteiger partial charge in [-0.2, -0.15) is 4.99 Å². The first kappa shape index (κ1) is 13.9. The molecule has 2 rings (SSSR count). The van der Waals surface area contributed by atoms with Crippen LogP contribution in [0.4, 0.5) is 0 Å². The predicted molar refractivity (Wildman–Crippen MR) is 77.4 cm³/mol. The van der Waals surface area contributed by atoms with E-state index in [1.54, 1.807) is 29.0 Å². The number of amides is 1. The van der Waals surface area contributed by atoms with Gasteiger partial charge in [-0.15, -0.1) is 11.3 Å². The van der Waals surface area contributed by atoms with Gasteiger partial charge in [0, 0.05) is 47.0 Å². The second-order valence-electron chi connectivity index (χ2n) is 4.13. The molecule has 6 heteroatoms. The van der Waals surface area contributed by atoms with Gasteiger partial charge in [-0.1, -0.05) is 12.1 Å². The maximum absolute atomic E-state index is 12.1. The number of aryl methyl sites for hydroxylation is 1. The molecule has 2 aromatic rings. The summed E-state index contributed by atoms with van der Waals surface area (Å²) in [6.45, 7) is 0. The SMILES string of the molecule is Cn1ccsc1=NC(=O)c1cccc(CS(C)=O)c1. The van der Waals surface area contributed by atoms with Crippen LogP contribution < -0.4 is 4.80 Å². The minimum absolute atomic E-state index is 0.276. The second-order valence-corrected chi connectivity index (χ2v) is 6.44. The van der Waals surface area contributed by atoms with Crippen molar-refractivity contribution >= 4 is 28.0 Å². The molecule has 1 unspecified atom stereocenters. The second kappa shape index (κ2) is 6.08. The van der Waals surface area contributed by atoms with Crippen molar-refractivity contribution in [2.75, 3.05) is 6.26 Å². The molecule has 0 aliphatic rings. The van der Waals surface area contributed by atoms with Crippen molar-refractivity contribution in [3.05, 3.63) is 51.8 Å². The van der Waals surface area contributed by atoms with Crippen LogP contribution in [0.2, 0.25) is 0 Å². The van der Waals surface area contributed by atoms with Crippen molar-refractivity contribution in [1.82, 2.24) is 4.57 Å². The molecule has 0 radical (unpaired) electrons. The van der Waals surface area contributed by atoms with Crippen molar-refractivity contribution in [2.24, 2.45) is 12.0 Å². The molecule has 0 saturated carbocycles. The summed E-state index contributed by atoms with van der Waals surface area (Å²) in [6.07, 6.45) is 3.50. The summed E-state index contributed by atoms with van der Waals surface area (Å²) < 4.78 is 13.0. The Morgan fingerprint density at radius 1 is 1.47 bits per heavy atom. The van der Waals surface area contributed by atoms with Gasteiger partial charge < -0.3 is 4.57 Å². The van der Waals surface area contributed by atoms with Crippen molar-refractivity contribution in [3.63, 3.8) is 0 Å². The molecule has 0 aliphatic carbocycles. The van der Waals surface area contributed by atoms with Gasteiger partial charge in [0.15, 0.2) is 4.80 Å². The summed E-state index contributed by atoms with van der Waals surface area (Å²) in [7, 11) is 0.929. The lowest BCUT2D eigenvalue weighted by atomic mass is 10.1. The largest absolute Gasteiger partial charge is 0.327 e. The van der Waals surface area contributed by atoms with Crippen molar-refractivity contribution in [1.29, 1.82) is 0 Å². The van der Waals surface area contributed by atoms with Gasteiger partial charge in [-0.3, -0.25) is 9.00 Å². The van der Waals surface area contributed by atoms with E-state index >= 15 is 0 Å². The Morgan fingerprint density at radius 3 is 2.89 bits per heavy atom. The van der Waals surface area contributed by atoms with Gasteiger partial charge in [0.25, 0.3) is 5.91 Å². The number of aromatic nitrogens is 1. The van der Waals surface area contributed by atoms with E-state index in [1.165, 1.54) is 11.3 Å². The zero-order valence-corrected chi connectivity index (χ0v) is 12.3. The van der Waals surface area contributed by atoms with Crippen LogP contribution in [-0.4, -0.2) is 20.9 Å². The van der Waals surface area contributed by atoms with E-state index < -0.39 is 10.8 Å². The van der Waals surface area contributed by atoms with Crippen LogP contribution in [0.25, 0.3) is 0 Å².